The molecule has 0 fully saturated rings. The van der Waals surface area contributed by atoms with Crippen molar-refractivity contribution in [3.63, 3.8) is 0 Å². The maximum Gasteiger partial charge on any atom is 0.262 e. The van der Waals surface area contributed by atoms with Gasteiger partial charge in [0, 0.05) is 11.1 Å². The van der Waals surface area contributed by atoms with Crippen molar-refractivity contribution in [2.24, 2.45) is 0 Å². The molecule has 1 N–H and O–H groups in total. The molecule has 0 aromatic heterocycles. The molecule has 0 amide bonds. The Morgan fingerprint density at radius 3 is 2.00 bits per heavy atom. The molecule has 0 bridgehead atoms. The summed E-state index contributed by atoms with van der Waals surface area (Å²) in [6, 6.07) is 15.8. The summed E-state index contributed by atoms with van der Waals surface area (Å²) < 4.78 is 49.7. The minimum absolute atomic E-state index is 0.00415. The molecule has 0 radical (unpaired) electrons. The van der Waals surface area contributed by atoms with Gasteiger partial charge >= 0.3 is 0 Å². The minimum Gasteiger partial charge on any atom is -0.497 e. The van der Waals surface area contributed by atoms with Crippen LogP contribution in [-0.2, 0) is 10.0 Å². The number of hydrogen-bond donors (Lipinski definition) is 1. The first kappa shape index (κ1) is 21.6. The van der Waals surface area contributed by atoms with E-state index in [2.05, 4.69) is 4.72 Å². The normalized spacial score (nSPS) is 10.9. The number of hydrogen-bond acceptors (Lipinski definition) is 6. The molecule has 3 aromatic carbocycles. The number of sulfonamides is 1. The summed E-state index contributed by atoms with van der Waals surface area (Å²) in [6.07, 6.45) is 0. The summed E-state index contributed by atoms with van der Waals surface area (Å²) >= 11 is 6.08. The van der Waals surface area contributed by atoms with Crippen molar-refractivity contribution in [2.45, 2.75) is 4.90 Å². The van der Waals surface area contributed by atoms with Crippen LogP contribution in [0, 0.1) is 0 Å². The highest BCUT2D eigenvalue weighted by atomic mass is 35.5. The lowest BCUT2D eigenvalue weighted by Gasteiger charge is -2.15. The number of ether oxygens (including phenoxy) is 4. The van der Waals surface area contributed by atoms with Crippen LogP contribution in [0.2, 0.25) is 5.02 Å². The Kier molecular flexibility index (Phi) is 6.59. The van der Waals surface area contributed by atoms with Crippen LogP contribution in [0.4, 0.5) is 5.69 Å². The highest BCUT2D eigenvalue weighted by molar-refractivity contribution is 7.92. The predicted octanol–water partition coefficient (Wildman–Crippen LogP) is 4.96. The molecule has 0 aliphatic rings. The summed E-state index contributed by atoms with van der Waals surface area (Å²) in [5, 5.41) is 0.349. The molecule has 30 heavy (non-hydrogen) atoms. The van der Waals surface area contributed by atoms with Crippen LogP contribution in [0.15, 0.2) is 65.6 Å². The summed E-state index contributed by atoms with van der Waals surface area (Å²) in [6.45, 7) is 0. The predicted molar refractivity (Wildman–Crippen MR) is 115 cm³/mol. The monoisotopic (exact) mass is 449 g/mol. The molecule has 0 aliphatic heterocycles. The van der Waals surface area contributed by atoms with E-state index < -0.39 is 10.0 Å². The first-order valence-corrected chi connectivity index (χ1v) is 10.6. The maximum absolute atomic E-state index is 12.9. The Hall–Kier alpha value is -3.10. The smallest absolute Gasteiger partial charge is 0.262 e. The van der Waals surface area contributed by atoms with Gasteiger partial charge in [-0.15, -0.1) is 0 Å². The van der Waals surface area contributed by atoms with Gasteiger partial charge in [-0.25, -0.2) is 8.42 Å². The summed E-state index contributed by atoms with van der Waals surface area (Å²) in [5.74, 6) is 2.18. The van der Waals surface area contributed by atoms with E-state index in [-0.39, 0.29) is 16.3 Å². The Balaban J connectivity index is 1.92. The van der Waals surface area contributed by atoms with Crippen molar-refractivity contribution in [2.75, 3.05) is 26.1 Å². The van der Waals surface area contributed by atoms with Gasteiger partial charge in [-0.3, -0.25) is 4.72 Å². The number of methoxy groups -OCH3 is 3. The van der Waals surface area contributed by atoms with Crippen LogP contribution in [0.5, 0.6) is 28.7 Å². The zero-order chi connectivity index (χ0) is 21.7. The van der Waals surface area contributed by atoms with Gasteiger partial charge < -0.3 is 18.9 Å². The lowest BCUT2D eigenvalue weighted by molar-refractivity contribution is 0.354. The SMILES string of the molecule is COc1ccc(Oc2ccc(Cl)cc2NS(=O)(=O)c2ccc(OC)c(OC)c2)cc1. The largest absolute Gasteiger partial charge is 0.497 e. The molecule has 0 heterocycles. The van der Waals surface area contributed by atoms with Crippen molar-refractivity contribution in [3.05, 3.63) is 65.7 Å². The van der Waals surface area contributed by atoms with E-state index in [0.717, 1.165) is 0 Å². The third kappa shape index (κ3) is 4.90. The molecule has 0 atom stereocenters. The quantitative estimate of drug-likeness (QED) is 0.523. The topological polar surface area (TPSA) is 83.1 Å². The van der Waals surface area contributed by atoms with Gasteiger partial charge in [0.05, 0.1) is 31.9 Å². The van der Waals surface area contributed by atoms with Gasteiger partial charge in [0.25, 0.3) is 10.0 Å². The summed E-state index contributed by atoms with van der Waals surface area (Å²) in [4.78, 5) is -0.00415. The molecule has 0 saturated heterocycles. The average molecular weight is 450 g/mol. The maximum atomic E-state index is 12.9. The van der Waals surface area contributed by atoms with Crippen molar-refractivity contribution in [3.8, 4) is 28.7 Å². The third-order valence-electron chi connectivity index (χ3n) is 4.14. The van der Waals surface area contributed by atoms with Gasteiger partial charge in [0.2, 0.25) is 0 Å². The van der Waals surface area contributed by atoms with E-state index in [1.54, 1.807) is 43.5 Å². The zero-order valence-electron chi connectivity index (χ0n) is 16.5. The second kappa shape index (κ2) is 9.15. The van der Waals surface area contributed by atoms with Crippen molar-refractivity contribution < 1.29 is 27.4 Å². The number of nitrogens with one attached hydrogen (secondary N) is 1. The summed E-state index contributed by atoms with van der Waals surface area (Å²) in [7, 11) is 0.510. The second-order valence-electron chi connectivity index (χ2n) is 6.04. The van der Waals surface area contributed by atoms with E-state index in [1.165, 1.54) is 38.5 Å². The molecule has 3 aromatic rings. The van der Waals surface area contributed by atoms with E-state index in [4.69, 9.17) is 30.5 Å². The Labute approximate surface area is 180 Å². The molecular weight excluding hydrogens is 430 g/mol. The molecule has 0 saturated carbocycles. The van der Waals surface area contributed by atoms with Gasteiger partial charge in [-0.05, 0) is 54.6 Å². The molecule has 0 unspecified atom stereocenters. The number of halogens is 1. The van der Waals surface area contributed by atoms with Gasteiger partial charge in [-0.2, -0.15) is 0 Å². The standard InChI is InChI=1S/C21H20ClNO6S/c1-26-15-5-7-16(8-6-15)29-19-10-4-14(22)12-18(19)23-30(24,25)17-9-11-20(27-2)21(13-17)28-3/h4-13,23H,1-3H3. The Morgan fingerprint density at radius 2 is 1.37 bits per heavy atom. The molecule has 7 nitrogen and oxygen atoms in total. The first-order chi connectivity index (χ1) is 14.4. The van der Waals surface area contributed by atoms with Crippen molar-refractivity contribution >= 4 is 27.3 Å². The van der Waals surface area contributed by atoms with Crippen LogP contribution in [0.25, 0.3) is 0 Å². The number of rotatable bonds is 8. The lowest BCUT2D eigenvalue weighted by atomic mass is 10.3. The van der Waals surface area contributed by atoms with E-state index in [0.29, 0.717) is 28.0 Å². The Bertz CT molecular complexity index is 1130. The van der Waals surface area contributed by atoms with Crippen molar-refractivity contribution in [1.29, 1.82) is 0 Å². The fraction of sp³-hybridized carbons (Fsp3) is 0.143. The van der Waals surface area contributed by atoms with Crippen LogP contribution < -0.4 is 23.7 Å². The Morgan fingerprint density at radius 1 is 0.733 bits per heavy atom. The molecule has 9 heteroatoms. The molecule has 0 spiro atoms. The van der Waals surface area contributed by atoms with Crippen molar-refractivity contribution in [1.82, 2.24) is 0 Å². The highest BCUT2D eigenvalue weighted by Crippen LogP contribution is 2.35. The van der Waals surface area contributed by atoms with Crippen LogP contribution in [-0.4, -0.2) is 29.7 Å². The number of benzene rings is 3. The van der Waals surface area contributed by atoms with E-state index in [1.807, 2.05) is 0 Å². The van der Waals surface area contributed by atoms with Gasteiger partial charge in [0.15, 0.2) is 17.2 Å². The molecular formula is C21H20ClNO6S. The lowest BCUT2D eigenvalue weighted by Crippen LogP contribution is -2.14. The van der Waals surface area contributed by atoms with Crippen LogP contribution in [0.1, 0.15) is 0 Å². The first-order valence-electron chi connectivity index (χ1n) is 8.72. The summed E-state index contributed by atoms with van der Waals surface area (Å²) in [5.41, 5.74) is 0.188. The van der Waals surface area contributed by atoms with Crippen LogP contribution >= 0.6 is 11.6 Å². The third-order valence-corrected chi connectivity index (χ3v) is 5.74. The number of anilines is 1. The average Bonchev–Trinajstić information content (AvgIpc) is 2.75. The van der Waals surface area contributed by atoms with E-state index in [9.17, 15) is 8.42 Å². The molecule has 3 rings (SSSR count). The highest BCUT2D eigenvalue weighted by Gasteiger charge is 2.20. The minimum atomic E-state index is -3.96. The van der Waals surface area contributed by atoms with E-state index >= 15 is 0 Å². The fourth-order valence-corrected chi connectivity index (χ4v) is 3.88. The molecule has 158 valence electrons. The van der Waals surface area contributed by atoms with Crippen LogP contribution in [0.3, 0.4) is 0 Å². The fourth-order valence-electron chi connectivity index (χ4n) is 2.63. The molecule has 0 aliphatic carbocycles. The van der Waals surface area contributed by atoms with Gasteiger partial charge in [-0.1, -0.05) is 11.6 Å². The zero-order valence-corrected chi connectivity index (χ0v) is 18.1. The van der Waals surface area contributed by atoms with Gasteiger partial charge in [0.1, 0.15) is 11.5 Å². The second-order valence-corrected chi connectivity index (χ2v) is 8.16.